The van der Waals surface area contributed by atoms with Gasteiger partial charge in [0.15, 0.2) is 23.1 Å². The highest BCUT2D eigenvalue weighted by molar-refractivity contribution is 9.09. The van der Waals surface area contributed by atoms with Crippen molar-refractivity contribution in [1.82, 2.24) is 9.80 Å². The molecule has 0 bridgehead atoms. The van der Waals surface area contributed by atoms with Gasteiger partial charge in [0, 0.05) is 36.0 Å². The van der Waals surface area contributed by atoms with E-state index in [9.17, 15) is 18.4 Å². The number of aryl methyl sites for hydroxylation is 2. The molecule has 0 heterocycles. The van der Waals surface area contributed by atoms with Gasteiger partial charge in [0.2, 0.25) is 0 Å². The van der Waals surface area contributed by atoms with Crippen LogP contribution in [0.15, 0.2) is 34.1 Å². The molecule has 192 valence electrons. The van der Waals surface area contributed by atoms with Crippen molar-refractivity contribution in [3.63, 3.8) is 0 Å². The molecule has 0 radical (unpaired) electrons. The van der Waals surface area contributed by atoms with E-state index in [1.807, 2.05) is 27.7 Å². The number of benzene rings is 2. The molecule has 0 saturated carbocycles. The molecule has 6 nitrogen and oxygen atoms in total. The first-order chi connectivity index (χ1) is 16.6. The van der Waals surface area contributed by atoms with Gasteiger partial charge in [0.1, 0.15) is 0 Å². The molecule has 2 aromatic rings. The number of ether oxygens (including phenoxy) is 2. The molecular formula is C24H30F2N2O4S3. The van der Waals surface area contributed by atoms with E-state index >= 15 is 0 Å². The predicted octanol–water partition coefficient (Wildman–Crippen LogP) is 7.71. The summed E-state index contributed by atoms with van der Waals surface area (Å²) in [6.07, 6.45) is -1.21. The lowest BCUT2D eigenvalue weighted by Gasteiger charge is -2.19. The Kier molecular flexibility index (Phi) is 11.5. The zero-order valence-corrected chi connectivity index (χ0v) is 23.1. The van der Waals surface area contributed by atoms with Gasteiger partial charge in [-0.15, -0.1) is 0 Å². The summed E-state index contributed by atoms with van der Waals surface area (Å²) in [4.78, 5) is 28.8. The summed E-state index contributed by atoms with van der Waals surface area (Å²) in [7, 11) is 4.08. The molecule has 0 aliphatic heterocycles. The van der Waals surface area contributed by atoms with Crippen molar-refractivity contribution in [2.75, 3.05) is 26.2 Å². The number of hydrogen-bond donors (Lipinski definition) is 0. The Morgan fingerprint density at radius 1 is 0.714 bits per heavy atom. The van der Waals surface area contributed by atoms with E-state index in [0.29, 0.717) is 37.3 Å². The molecule has 0 aliphatic carbocycles. The van der Waals surface area contributed by atoms with Gasteiger partial charge in [-0.3, -0.25) is 0 Å². The van der Waals surface area contributed by atoms with Gasteiger partial charge in [0.05, 0.1) is 0 Å². The highest BCUT2D eigenvalue weighted by atomic mass is 33.5. The predicted molar refractivity (Wildman–Crippen MR) is 139 cm³/mol. The molecule has 0 spiro atoms. The number of halogens is 2. The maximum absolute atomic E-state index is 14.4. The topological polar surface area (TPSA) is 59.1 Å². The first-order valence-corrected chi connectivity index (χ1v) is 14.7. The highest BCUT2D eigenvalue weighted by Gasteiger charge is 2.19. The van der Waals surface area contributed by atoms with Crippen LogP contribution in [0, 0.1) is 25.5 Å². The normalized spacial score (nSPS) is 10.7. The second-order valence-electron chi connectivity index (χ2n) is 7.41. The molecule has 2 aromatic carbocycles. The fourth-order valence-corrected chi connectivity index (χ4v) is 7.09. The third-order valence-electron chi connectivity index (χ3n) is 5.14. The van der Waals surface area contributed by atoms with Crippen LogP contribution in [0.25, 0.3) is 0 Å². The standard InChI is InChI=1S/C24H30F2N2O4S3/c1-7-27(8-2)23(29)31-19-13-21(15(5)11-17(19)25)33-35-34-22-14-20(18(26)12-16(22)6)32-24(30)28(9-3)10-4/h11-14H,7-10H2,1-6H3. The van der Waals surface area contributed by atoms with Gasteiger partial charge < -0.3 is 19.3 Å². The minimum Gasteiger partial charge on any atom is -0.407 e. The van der Waals surface area contributed by atoms with Crippen LogP contribution in [0.5, 0.6) is 11.5 Å². The second kappa shape index (κ2) is 13.8. The van der Waals surface area contributed by atoms with Crippen LogP contribution < -0.4 is 9.47 Å². The fraction of sp³-hybridized carbons (Fsp3) is 0.417. The smallest absolute Gasteiger partial charge is 0.407 e. The molecule has 2 amide bonds. The Bertz CT molecular complexity index is 966. The maximum atomic E-state index is 14.4. The summed E-state index contributed by atoms with van der Waals surface area (Å²) in [5.74, 6) is -1.49. The van der Waals surface area contributed by atoms with Crippen molar-refractivity contribution >= 4 is 43.6 Å². The van der Waals surface area contributed by atoms with Crippen molar-refractivity contribution in [3.05, 3.63) is 47.0 Å². The van der Waals surface area contributed by atoms with Crippen molar-refractivity contribution < 1.29 is 27.8 Å². The average molecular weight is 545 g/mol. The van der Waals surface area contributed by atoms with E-state index < -0.39 is 23.8 Å². The first-order valence-electron chi connectivity index (χ1n) is 11.2. The molecule has 2 rings (SSSR count). The molecule has 0 aromatic heterocycles. The Labute approximate surface area is 216 Å². The van der Waals surface area contributed by atoms with Crippen LogP contribution in [0.3, 0.4) is 0 Å². The van der Waals surface area contributed by atoms with E-state index in [1.165, 1.54) is 65.5 Å². The largest absolute Gasteiger partial charge is 0.415 e. The molecule has 0 fully saturated rings. The fourth-order valence-electron chi connectivity index (χ4n) is 2.98. The Morgan fingerprint density at radius 2 is 1.06 bits per heavy atom. The zero-order valence-electron chi connectivity index (χ0n) is 20.6. The summed E-state index contributed by atoms with van der Waals surface area (Å²) in [5, 5.41) is 0. The maximum Gasteiger partial charge on any atom is 0.415 e. The molecular weight excluding hydrogens is 514 g/mol. The lowest BCUT2D eigenvalue weighted by atomic mass is 10.2. The number of hydrogen-bond acceptors (Lipinski definition) is 7. The SMILES string of the molecule is CCN(CC)C(=O)Oc1cc(SSSc2cc(OC(=O)N(CC)CC)c(F)cc2C)c(C)cc1F. The van der Waals surface area contributed by atoms with Crippen molar-refractivity contribution in [2.45, 2.75) is 51.3 Å². The minimum absolute atomic E-state index is 0.135. The second-order valence-corrected chi connectivity index (χ2v) is 11.4. The van der Waals surface area contributed by atoms with Gasteiger partial charge >= 0.3 is 12.2 Å². The Balaban J connectivity index is 2.12. The van der Waals surface area contributed by atoms with E-state index in [0.717, 1.165) is 9.79 Å². The Morgan fingerprint density at radius 3 is 1.37 bits per heavy atom. The average Bonchev–Trinajstić information content (AvgIpc) is 2.81. The number of rotatable bonds is 10. The van der Waals surface area contributed by atoms with Crippen LogP contribution in [-0.2, 0) is 0 Å². The van der Waals surface area contributed by atoms with Crippen molar-refractivity contribution in [1.29, 1.82) is 0 Å². The van der Waals surface area contributed by atoms with Crippen molar-refractivity contribution in [2.24, 2.45) is 0 Å². The monoisotopic (exact) mass is 544 g/mol. The van der Waals surface area contributed by atoms with Gasteiger partial charge in [-0.05, 0) is 108 Å². The zero-order chi connectivity index (χ0) is 26.1. The summed E-state index contributed by atoms with van der Waals surface area (Å²) in [6, 6.07) is 5.65. The number of nitrogens with zero attached hydrogens (tertiary/aromatic N) is 2. The van der Waals surface area contributed by atoms with Crippen LogP contribution in [0.2, 0.25) is 0 Å². The number of carbonyl (C=O) groups excluding carboxylic acids is 2. The van der Waals surface area contributed by atoms with Gasteiger partial charge in [-0.25, -0.2) is 18.4 Å². The Hall–Kier alpha value is -2.11. The summed E-state index contributed by atoms with van der Waals surface area (Å²) < 4.78 is 39.3. The van der Waals surface area contributed by atoms with Gasteiger partial charge in [0.25, 0.3) is 0 Å². The van der Waals surface area contributed by atoms with Crippen LogP contribution >= 0.6 is 31.4 Å². The summed E-state index contributed by atoms with van der Waals surface area (Å²) in [5.41, 5.74) is 1.38. The molecule has 11 heteroatoms. The molecule has 0 saturated heterocycles. The molecule has 0 N–H and O–H groups in total. The van der Waals surface area contributed by atoms with Gasteiger partial charge in [-0.1, -0.05) is 0 Å². The van der Waals surface area contributed by atoms with E-state index in [-0.39, 0.29) is 11.5 Å². The first kappa shape index (κ1) is 29.1. The van der Waals surface area contributed by atoms with E-state index in [1.54, 1.807) is 13.8 Å². The van der Waals surface area contributed by atoms with E-state index in [2.05, 4.69) is 0 Å². The summed E-state index contributed by atoms with van der Waals surface area (Å²) in [6.45, 7) is 12.6. The van der Waals surface area contributed by atoms with Crippen LogP contribution in [0.1, 0.15) is 38.8 Å². The number of amides is 2. The lowest BCUT2D eigenvalue weighted by molar-refractivity contribution is 0.154. The van der Waals surface area contributed by atoms with Gasteiger partial charge in [-0.2, -0.15) is 0 Å². The van der Waals surface area contributed by atoms with Crippen LogP contribution in [-0.4, -0.2) is 48.2 Å². The highest BCUT2D eigenvalue weighted by Crippen LogP contribution is 2.48. The molecule has 0 aliphatic rings. The summed E-state index contributed by atoms with van der Waals surface area (Å²) >= 11 is 0. The third-order valence-corrected chi connectivity index (χ3v) is 9.23. The quantitative estimate of drug-likeness (QED) is 0.284. The molecule has 35 heavy (non-hydrogen) atoms. The van der Waals surface area contributed by atoms with Crippen LogP contribution in [0.4, 0.5) is 18.4 Å². The van der Waals surface area contributed by atoms with Crippen molar-refractivity contribution in [3.8, 4) is 11.5 Å². The lowest BCUT2D eigenvalue weighted by Crippen LogP contribution is -2.33. The molecule has 0 unspecified atom stereocenters. The number of carbonyl (C=O) groups is 2. The third kappa shape index (κ3) is 7.94. The van der Waals surface area contributed by atoms with E-state index in [4.69, 9.17) is 9.47 Å². The minimum atomic E-state index is -0.612. The molecule has 0 atom stereocenters.